The molecule has 2 aromatic heterocycles. The van der Waals surface area contributed by atoms with Gasteiger partial charge in [0.25, 0.3) is 0 Å². The van der Waals surface area contributed by atoms with Gasteiger partial charge in [-0.25, -0.2) is 9.37 Å². The molecule has 1 aliphatic rings. The smallest absolute Gasteiger partial charge is 0.229 e. The number of nitrogens with zero attached hydrogens (tertiary/aromatic N) is 4. The molecule has 0 aliphatic carbocycles. The Bertz CT molecular complexity index is 1330. The molecule has 8 heteroatoms. The average molecular weight is 458 g/mol. The van der Waals surface area contributed by atoms with Gasteiger partial charge in [-0.2, -0.15) is 4.98 Å². The third-order valence-electron chi connectivity index (χ3n) is 5.85. The Morgan fingerprint density at radius 2 is 1.91 bits per heavy atom. The Morgan fingerprint density at radius 1 is 1.09 bits per heavy atom. The van der Waals surface area contributed by atoms with Gasteiger partial charge < -0.3 is 19.7 Å². The molecule has 3 heterocycles. The summed E-state index contributed by atoms with van der Waals surface area (Å²) < 4.78 is 24.9. The van der Waals surface area contributed by atoms with Crippen LogP contribution in [-0.2, 0) is 0 Å². The summed E-state index contributed by atoms with van der Waals surface area (Å²) in [6.07, 6.45) is 3.45. The largest absolute Gasteiger partial charge is 0.496 e. The maximum absolute atomic E-state index is 13.4. The molecule has 0 spiro atoms. The summed E-state index contributed by atoms with van der Waals surface area (Å²) in [4.78, 5) is 15.4. The van der Waals surface area contributed by atoms with Crippen molar-refractivity contribution < 1.29 is 13.9 Å². The van der Waals surface area contributed by atoms with E-state index in [-0.39, 0.29) is 11.9 Å². The molecule has 0 radical (unpaired) electrons. The van der Waals surface area contributed by atoms with Gasteiger partial charge in [0.1, 0.15) is 18.2 Å². The highest BCUT2D eigenvalue weighted by Crippen LogP contribution is 2.38. The highest BCUT2D eigenvalue weighted by atomic mass is 19.1. The summed E-state index contributed by atoms with van der Waals surface area (Å²) in [5.74, 6) is 2.16. The molecule has 4 aromatic rings. The van der Waals surface area contributed by atoms with Crippen molar-refractivity contribution in [1.82, 2.24) is 15.0 Å². The molecule has 1 aliphatic heterocycles. The van der Waals surface area contributed by atoms with Crippen molar-refractivity contribution in [2.24, 2.45) is 0 Å². The molecule has 0 saturated carbocycles. The number of ether oxygens (including phenoxy) is 2. The topological polar surface area (TPSA) is 72.4 Å². The molecule has 1 N–H and O–H groups in total. The van der Waals surface area contributed by atoms with Crippen molar-refractivity contribution in [3.05, 3.63) is 84.1 Å². The Balaban J connectivity index is 1.40. The average Bonchev–Trinajstić information content (AvgIpc) is 2.85. The number of fused-ring (bicyclic) bond motifs is 1. The van der Waals surface area contributed by atoms with Crippen molar-refractivity contribution in [2.75, 3.05) is 31.0 Å². The maximum Gasteiger partial charge on any atom is 0.229 e. The van der Waals surface area contributed by atoms with Gasteiger partial charge >= 0.3 is 0 Å². The van der Waals surface area contributed by atoms with Crippen LogP contribution in [0.3, 0.4) is 0 Å². The number of hydrogen-bond donors (Lipinski definition) is 1. The second-order valence-corrected chi connectivity index (χ2v) is 8.10. The number of benzene rings is 2. The number of aryl methyl sites for hydroxylation is 1. The van der Waals surface area contributed by atoms with E-state index in [0.717, 1.165) is 33.8 Å². The van der Waals surface area contributed by atoms with E-state index in [1.807, 2.05) is 49.2 Å². The molecule has 0 fully saturated rings. The first kappa shape index (κ1) is 21.6. The summed E-state index contributed by atoms with van der Waals surface area (Å²) in [5.41, 5.74) is 4.69. The van der Waals surface area contributed by atoms with Crippen molar-refractivity contribution in [1.29, 1.82) is 0 Å². The van der Waals surface area contributed by atoms with Crippen LogP contribution >= 0.6 is 0 Å². The summed E-state index contributed by atoms with van der Waals surface area (Å²) >= 11 is 0. The van der Waals surface area contributed by atoms with Crippen LogP contribution in [0.5, 0.6) is 11.5 Å². The Hall–Kier alpha value is -4.20. The lowest BCUT2D eigenvalue weighted by atomic mass is 10.0. The number of aromatic nitrogens is 3. The highest BCUT2D eigenvalue weighted by Gasteiger charge is 2.28. The standard InChI is InChI=1S/C26H24FN5O2/c1-16-12-18(10-11-28-16)21-9-8-20(13-23(21)33-3)30-26-29-14-24-25(31-26)32(2)22(15-34-24)17-4-6-19(27)7-5-17/h4-14,22H,15H2,1-3H3,(H,29,30,31). The first-order chi connectivity index (χ1) is 16.5. The molecule has 172 valence electrons. The number of hydrogen-bond acceptors (Lipinski definition) is 7. The maximum atomic E-state index is 13.4. The van der Waals surface area contributed by atoms with E-state index in [1.54, 1.807) is 31.6 Å². The van der Waals surface area contributed by atoms with Crippen molar-refractivity contribution >= 4 is 17.5 Å². The Labute approximate surface area is 197 Å². The molecule has 1 atom stereocenters. The minimum atomic E-state index is -0.266. The lowest BCUT2D eigenvalue weighted by molar-refractivity contribution is 0.265. The third-order valence-corrected chi connectivity index (χ3v) is 5.85. The molecule has 5 rings (SSSR count). The zero-order valence-corrected chi connectivity index (χ0v) is 19.1. The third kappa shape index (κ3) is 4.22. The van der Waals surface area contributed by atoms with E-state index in [9.17, 15) is 4.39 Å². The monoisotopic (exact) mass is 457 g/mol. The number of likely N-dealkylation sites (N-methyl/N-ethyl adjacent to an activating group) is 1. The molecule has 7 nitrogen and oxygen atoms in total. The molecule has 0 amide bonds. The van der Waals surface area contributed by atoms with Crippen molar-refractivity contribution in [3.8, 4) is 22.6 Å². The summed E-state index contributed by atoms with van der Waals surface area (Å²) in [6, 6.07) is 16.2. The molecule has 2 aromatic carbocycles. The quantitative estimate of drug-likeness (QED) is 0.435. The number of methoxy groups -OCH3 is 1. The van der Waals surface area contributed by atoms with Gasteiger partial charge in [0.2, 0.25) is 5.95 Å². The van der Waals surface area contributed by atoms with Gasteiger partial charge in [0, 0.05) is 36.3 Å². The van der Waals surface area contributed by atoms with Crippen molar-refractivity contribution in [3.63, 3.8) is 0 Å². The summed E-state index contributed by atoms with van der Waals surface area (Å²) in [6.45, 7) is 2.39. The van der Waals surface area contributed by atoms with Crippen LogP contribution in [0.2, 0.25) is 0 Å². The molecular weight excluding hydrogens is 433 g/mol. The molecule has 34 heavy (non-hydrogen) atoms. The van der Waals surface area contributed by atoms with Gasteiger partial charge in [0.15, 0.2) is 11.6 Å². The van der Waals surface area contributed by atoms with Crippen LogP contribution in [-0.4, -0.2) is 35.7 Å². The Morgan fingerprint density at radius 3 is 2.68 bits per heavy atom. The van der Waals surface area contributed by atoms with E-state index in [0.29, 0.717) is 24.1 Å². The van der Waals surface area contributed by atoms with E-state index >= 15 is 0 Å². The second kappa shape index (κ2) is 8.97. The van der Waals surface area contributed by atoms with Gasteiger partial charge in [-0.05, 0) is 54.4 Å². The second-order valence-electron chi connectivity index (χ2n) is 8.10. The van der Waals surface area contributed by atoms with E-state index in [1.165, 1.54) is 12.1 Å². The minimum Gasteiger partial charge on any atom is -0.496 e. The normalized spacial score (nSPS) is 14.8. The fourth-order valence-electron chi connectivity index (χ4n) is 4.06. The van der Waals surface area contributed by atoms with Crippen LogP contribution in [0.25, 0.3) is 11.1 Å². The van der Waals surface area contributed by atoms with Crippen LogP contribution in [0.4, 0.5) is 21.8 Å². The lowest BCUT2D eigenvalue weighted by Crippen LogP contribution is -2.34. The molecule has 1 unspecified atom stereocenters. The first-order valence-electron chi connectivity index (χ1n) is 10.9. The summed E-state index contributed by atoms with van der Waals surface area (Å²) in [7, 11) is 3.59. The molecule has 0 saturated heterocycles. The van der Waals surface area contributed by atoms with Gasteiger partial charge in [0.05, 0.1) is 19.3 Å². The first-order valence-corrected chi connectivity index (χ1v) is 10.9. The number of nitrogens with one attached hydrogen (secondary N) is 1. The lowest BCUT2D eigenvalue weighted by Gasteiger charge is -2.35. The van der Waals surface area contributed by atoms with Gasteiger partial charge in [-0.3, -0.25) is 4.98 Å². The minimum absolute atomic E-state index is 0.0842. The fraction of sp³-hybridized carbons (Fsp3) is 0.192. The van der Waals surface area contributed by atoms with Crippen LogP contribution in [0.15, 0.2) is 67.0 Å². The zero-order chi connectivity index (χ0) is 23.7. The van der Waals surface area contributed by atoms with Crippen LogP contribution in [0.1, 0.15) is 17.3 Å². The van der Waals surface area contributed by atoms with Gasteiger partial charge in [-0.15, -0.1) is 0 Å². The zero-order valence-electron chi connectivity index (χ0n) is 19.1. The molecule has 0 bridgehead atoms. The predicted molar refractivity (Wildman–Crippen MR) is 129 cm³/mol. The SMILES string of the molecule is COc1cc(Nc2ncc3c(n2)N(C)C(c2ccc(F)cc2)CO3)ccc1-c1ccnc(C)c1. The van der Waals surface area contributed by atoms with E-state index in [4.69, 9.17) is 9.47 Å². The molecular formula is C26H24FN5O2. The summed E-state index contributed by atoms with van der Waals surface area (Å²) in [5, 5.41) is 3.26. The van der Waals surface area contributed by atoms with Crippen LogP contribution < -0.4 is 19.7 Å². The van der Waals surface area contributed by atoms with Crippen molar-refractivity contribution in [2.45, 2.75) is 13.0 Å². The Kier molecular flexibility index (Phi) is 5.71. The van der Waals surface area contributed by atoms with E-state index in [2.05, 4.69) is 20.3 Å². The van der Waals surface area contributed by atoms with E-state index < -0.39 is 0 Å². The highest BCUT2D eigenvalue weighted by molar-refractivity contribution is 5.74. The van der Waals surface area contributed by atoms with Crippen LogP contribution in [0, 0.1) is 12.7 Å². The number of rotatable bonds is 5. The number of pyridine rings is 1. The van der Waals surface area contributed by atoms with Gasteiger partial charge in [-0.1, -0.05) is 12.1 Å². The fourth-order valence-corrected chi connectivity index (χ4v) is 4.06. The predicted octanol–water partition coefficient (Wildman–Crippen LogP) is 5.31. The number of anilines is 3. The number of halogens is 1.